The van der Waals surface area contributed by atoms with Crippen molar-refractivity contribution in [3.05, 3.63) is 36.3 Å². The number of nitrogens with zero attached hydrogens (tertiary/aromatic N) is 2. The van der Waals surface area contributed by atoms with Gasteiger partial charge in [-0.05, 0) is 24.6 Å². The van der Waals surface area contributed by atoms with Gasteiger partial charge in [0.2, 0.25) is 0 Å². The zero-order chi connectivity index (χ0) is 6.97. The molecule has 10 heavy (non-hydrogen) atoms. The van der Waals surface area contributed by atoms with Crippen LogP contribution >= 0.6 is 0 Å². The largest absolute Gasteiger partial charge is 0.308 e. The Hall–Kier alpha value is -1.31. The molecule has 2 aromatic rings. The molecule has 0 aromatic carbocycles. The van der Waals surface area contributed by atoms with Crippen LogP contribution in [-0.2, 0) is 0 Å². The quantitative estimate of drug-likeness (QED) is 0.532. The van der Waals surface area contributed by atoms with Crippen LogP contribution in [0.2, 0.25) is 0 Å². The number of rotatable bonds is 0. The molecule has 2 rings (SSSR count). The van der Waals surface area contributed by atoms with E-state index in [-0.39, 0.29) is 0 Å². The van der Waals surface area contributed by atoms with Crippen molar-refractivity contribution in [2.75, 3.05) is 0 Å². The summed E-state index contributed by atoms with van der Waals surface area (Å²) in [5.74, 6) is 0. The van der Waals surface area contributed by atoms with E-state index >= 15 is 0 Å². The summed E-state index contributed by atoms with van der Waals surface area (Å²) in [6.07, 6.45) is 5.81. The van der Waals surface area contributed by atoms with E-state index in [1.165, 1.54) is 5.56 Å². The third-order valence-corrected chi connectivity index (χ3v) is 1.61. The highest BCUT2D eigenvalue weighted by Crippen LogP contribution is 2.05. The fourth-order valence-corrected chi connectivity index (χ4v) is 1.07. The summed E-state index contributed by atoms with van der Waals surface area (Å²) in [5.41, 5.74) is 2.27. The van der Waals surface area contributed by atoms with Gasteiger partial charge >= 0.3 is 0 Å². The third-order valence-electron chi connectivity index (χ3n) is 1.61. The van der Waals surface area contributed by atoms with E-state index < -0.39 is 0 Å². The highest BCUT2D eigenvalue weighted by atomic mass is 15.0. The van der Waals surface area contributed by atoms with E-state index in [1.807, 2.05) is 29.1 Å². The maximum atomic E-state index is 4.20. The molecule has 2 heteroatoms. The highest BCUT2D eigenvalue weighted by molar-refractivity contribution is 5.46. The Morgan fingerprint density at radius 3 is 3.10 bits per heavy atom. The average molecular weight is 132 g/mol. The maximum Gasteiger partial charge on any atom is 0.139 e. The second kappa shape index (κ2) is 1.84. The van der Waals surface area contributed by atoms with Crippen LogP contribution < -0.4 is 0 Å². The van der Waals surface area contributed by atoms with Crippen molar-refractivity contribution >= 4 is 5.65 Å². The predicted octanol–water partition coefficient (Wildman–Crippen LogP) is 1.64. The summed E-state index contributed by atoms with van der Waals surface area (Å²) >= 11 is 0. The molecule has 0 saturated heterocycles. The standard InChI is InChI=1S/C8H8N2/c1-7-3-6-10-5-2-4-9-8(7)10/h2-6H,1H3. The first-order chi connectivity index (χ1) is 4.88. The normalized spacial score (nSPS) is 10.5. The Morgan fingerprint density at radius 2 is 2.30 bits per heavy atom. The molecule has 2 nitrogen and oxygen atoms in total. The van der Waals surface area contributed by atoms with E-state index in [4.69, 9.17) is 0 Å². The monoisotopic (exact) mass is 132 g/mol. The number of aromatic nitrogens is 2. The van der Waals surface area contributed by atoms with E-state index in [0.717, 1.165) is 5.65 Å². The van der Waals surface area contributed by atoms with Crippen LogP contribution in [0.4, 0.5) is 0 Å². The van der Waals surface area contributed by atoms with Crippen LogP contribution in [0, 0.1) is 6.92 Å². The van der Waals surface area contributed by atoms with Gasteiger partial charge in [-0.3, -0.25) is 0 Å². The minimum Gasteiger partial charge on any atom is -0.308 e. The third kappa shape index (κ3) is 0.620. The van der Waals surface area contributed by atoms with Gasteiger partial charge in [-0.25, -0.2) is 4.98 Å². The first-order valence-electron chi connectivity index (χ1n) is 3.26. The lowest BCUT2D eigenvalue weighted by Crippen LogP contribution is -1.83. The molecule has 0 amide bonds. The van der Waals surface area contributed by atoms with E-state index in [2.05, 4.69) is 18.0 Å². The van der Waals surface area contributed by atoms with Crippen molar-refractivity contribution in [3.8, 4) is 0 Å². The van der Waals surface area contributed by atoms with Crippen LogP contribution in [0.25, 0.3) is 5.65 Å². The Labute approximate surface area is 59.1 Å². The van der Waals surface area contributed by atoms with Gasteiger partial charge in [0, 0.05) is 18.6 Å². The van der Waals surface area contributed by atoms with Crippen LogP contribution in [0.3, 0.4) is 0 Å². The minimum atomic E-state index is 1.04. The Morgan fingerprint density at radius 1 is 1.40 bits per heavy atom. The smallest absolute Gasteiger partial charge is 0.139 e. The number of fused-ring (bicyclic) bond motifs is 1. The number of aryl methyl sites for hydroxylation is 1. The lowest BCUT2D eigenvalue weighted by atomic mass is 10.4. The Balaban J connectivity index is 2.93. The summed E-state index contributed by atoms with van der Waals surface area (Å²) < 4.78 is 2.01. The van der Waals surface area contributed by atoms with Crippen LogP contribution in [0.5, 0.6) is 0 Å². The molecular weight excluding hydrogens is 124 g/mol. The van der Waals surface area contributed by atoms with Gasteiger partial charge in [-0.15, -0.1) is 0 Å². The summed E-state index contributed by atoms with van der Waals surface area (Å²) in [4.78, 5) is 4.20. The molecule has 0 N–H and O–H groups in total. The first-order valence-corrected chi connectivity index (χ1v) is 3.26. The molecule has 2 aromatic heterocycles. The molecule has 0 aliphatic heterocycles. The fraction of sp³-hybridized carbons (Fsp3) is 0.125. The van der Waals surface area contributed by atoms with Gasteiger partial charge < -0.3 is 4.40 Å². The van der Waals surface area contributed by atoms with Gasteiger partial charge in [0.05, 0.1) is 0 Å². The van der Waals surface area contributed by atoms with Gasteiger partial charge in [0.15, 0.2) is 0 Å². The zero-order valence-corrected chi connectivity index (χ0v) is 5.78. The van der Waals surface area contributed by atoms with Gasteiger partial charge in [-0.1, -0.05) is 0 Å². The molecule has 0 aliphatic rings. The van der Waals surface area contributed by atoms with Crippen molar-refractivity contribution < 1.29 is 0 Å². The SMILES string of the molecule is Cc1ccn2cccnc12. The molecular formula is C8H8N2. The molecule has 2 heterocycles. The van der Waals surface area contributed by atoms with Crippen molar-refractivity contribution in [1.29, 1.82) is 0 Å². The summed E-state index contributed by atoms with van der Waals surface area (Å²) in [5, 5.41) is 0. The predicted molar refractivity (Wildman–Crippen MR) is 39.9 cm³/mol. The van der Waals surface area contributed by atoms with Crippen LogP contribution in [0.1, 0.15) is 5.56 Å². The highest BCUT2D eigenvalue weighted by Gasteiger charge is 1.94. The van der Waals surface area contributed by atoms with Gasteiger partial charge in [-0.2, -0.15) is 0 Å². The number of hydrogen-bond acceptors (Lipinski definition) is 1. The zero-order valence-electron chi connectivity index (χ0n) is 5.78. The van der Waals surface area contributed by atoms with Crippen LogP contribution in [0.15, 0.2) is 30.7 Å². The molecule has 0 bridgehead atoms. The molecule has 50 valence electrons. The van der Waals surface area contributed by atoms with Crippen molar-refractivity contribution in [2.45, 2.75) is 6.92 Å². The maximum absolute atomic E-state index is 4.20. The van der Waals surface area contributed by atoms with Crippen molar-refractivity contribution in [1.82, 2.24) is 9.38 Å². The minimum absolute atomic E-state index is 1.04. The van der Waals surface area contributed by atoms with E-state index in [9.17, 15) is 0 Å². The Bertz CT molecular complexity index is 349. The van der Waals surface area contributed by atoms with Gasteiger partial charge in [0.1, 0.15) is 5.65 Å². The summed E-state index contributed by atoms with van der Waals surface area (Å²) in [6, 6.07) is 3.98. The molecule has 0 aliphatic carbocycles. The average Bonchev–Trinajstić information content (AvgIpc) is 2.34. The summed E-state index contributed by atoms with van der Waals surface area (Å²) in [7, 11) is 0. The fourth-order valence-electron chi connectivity index (χ4n) is 1.07. The van der Waals surface area contributed by atoms with E-state index in [0.29, 0.717) is 0 Å². The topological polar surface area (TPSA) is 17.3 Å². The lowest BCUT2D eigenvalue weighted by molar-refractivity contribution is 1.13. The lowest BCUT2D eigenvalue weighted by Gasteiger charge is -1.90. The molecule has 0 radical (unpaired) electrons. The van der Waals surface area contributed by atoms with Crippen LogP contribution in [-0.4, -0.2) is 9.38 Å². The molecule has 0 atom stereocenters. The molecule has 0 saturated carbocycles. The van der Waals surface area contributed by atoms with Gasteiger partial charge in [0.25, 0.3) is 0 Å². The Kier molecular flexibility index (Phi) is 1.01. The molecule has 0 spiro atoms. The first kappa shape index (κ1) is 5.47. The summed E-state index contributed by atoms with van der Waals surface area (Å²) in [6.45, 7) is 2.06. The second-order valence-electron chi connectivity index (χ2n) is 2.35. The number of hydrogen-bond donors (Lipinski definition) is 0. The molecule has 0 fully saturated rings. The van der Waals surface area contributed by atoms with E-state index in [1.54, 1.807) is 0 Å². The van der Waals surface area contributed by atoms with Crippen molar-refractivity contribution in [2.24, 2.45) is 0 Å². The second-order valence-corrected chi connectivity index (χ2v) is 2.35. The van der Waals surface area contributed by atoms with Crippen molar-refractivity contribution in [3.63, 3.8) is 0 Å². The molecule has 0 unspecified atom stereocenters.